The summed E-state index contributed by atoms with van der Waals surface area (Å²) in [5.41, 5.74) is 1.03. The number of carbonyl (C=O) groups excluding carboxylic acids is 1. The van der Waals surface area contributed by atoms with Crippen molar-refractivity contribution >= 4 is 22.4 Å². The van der Waals surface area contributed by atoms with Gasteiger partial charge in [0.2, 0.25) is 10.9 Å². The molecule has 134 valence electrons. The maximum atomic E-state index is 12.2. The highest BCUT2D eigenvalue weighted by Crippen LogP contribution is 2.42. The van der Waals surface area contributed by atoms with Gasteiger partial charge >= 0.3 is 0 Å². The minimum absolute atomic E-state index is 0.303. The quantitative estimate of drug-likeness (QED) is 0.711. The van der Waals surface area contributed by atoms with Gasteiger partial charge in [-0.05, 0) is 24.3 Å². The SMILES string of the molecule is COc1cc(-c2nnc(NC(=O)c3ccccn3)s2)cc(OC)c1OC. The molecule has 0 saturated carbocycles. The van der Waals surface area contributed by atoms with Crippen LogP contribution in [0.5, 0.6) is 17.2 Å². The first-order valence-electron chi connectivity index (χ1n) is 7.52. The van der Waals surface area contributed by atoms with Gasteiger partial charge in [-0.25, -0.2) is 0 Å². The Kier molecular flexibility index (Phi) is 5.28. The molecule has 3 aromatic rings. The van der Waals surface area contributed by atoms with E-state index in [1.54, 1.807) is 50.7 Å². The van der Waals surface area contributed by atoms with E-state index >= 15 is 0 Å². The Hall–Kier alpha value is -3.20. The van der Waals surface area contributed by atoms with Gasteiger partial charge in [0.1, 0.15) is 10.7 Å². The van der Waals surface area contributed by atoms with E-state index in [2.05, 4.69) is 20.5 Å². The van der Waals surface area contributed by atoms with Gasteiger partial charge in [0.05, 0.1) is 21.3 Å². The minimum atomic E-state index is -0.349. The minimum Gasteiger partial charge on any atom is -0.493 e. The van der Waals surface area contributed by atoms with Crippen molar-refractivity contribution in [3.8, 4) is 27.8 Å². The molecular weight excluding hydrogens is 356 g/mol. The molecule has 0 spiro atoms. The second-order valence-electron chi connectivity index (χ2n) is 5.00. The number of pyridine rings is 1. The number of benzene rings is 1. The van der Waals surface area contributed by atoms with Crippen molar-refractivity contribution in [1.29, 1.82) is 0 Å². The van der Waals surface area contributed by atoms with Crippen molar-refractivity contribution in [3.05, 3.63) is 42.2 Å². The number of anilines is 1. The van der Waals surface area contributed by atoms with Crippen LogP contribution in [0.1, 0.15) is 10.5 Å². The highest BCUT2D eigenvalue weighted by molar-refractivity contribution is 7.18. The molecule has 2 heterocycles. The molecule has 9 heteroatoms. The summed E-state index contributed by atoms with van der Waals surface area (Å²) in [6, 6.07) is 8.64. The number of aromatic nitrogens is 3. The van der Waals surface area contributed by atoms with Gasteiger partial charge in [-0.15, -0.1) is 10.2 Å². The lowest BCUT2D eigenvalue weighted by atomic mass is 10.2. The Morgan fingerprint density at radius 3 is 2.35 bits per heavy atom. The van der Waals surface area contributed by atoms with Gasteiger partial charge in [0, 0.05) is 11.8 Å². The van der Waals surface area contributed by atoms with Gasteiger partial charge in [-0.1, -0.05) is 17.4 Å². The predicted octanol–water partition coefficient (Wildman–Crippen LogP) is 2.88. The van der Waals surface area contributed by atoms with Gasteiger partial charge in [-0.2, -0.15) is 0 Å². The number of ether oxygens (including phenoxy) is 3. The summed E-state index contributed by atoms with van der Waals surface area (Å²) < 4.78 is 16.0. The van der Waals surface area contributed by atoms with Crippen LogP contribution in [0, 0.1) is 0 Å². The van der Waals surface area contributed by atoms with E-state index in [1.807, 2.05) is 0 Å². The van der Waals surface area contributed by atoms with E-state index in [9.17, 15) is 4.79 Å². The first kappa shape index (κ1) is 17.6. The van der Waals surface area contributed by atoms with Crippen LogP contribution in [0.4, 0.5) is 5.13 Å². The largest absolute Gasteiger partial charge is 0.493 e. The number of methoxy groups -OCH3 is 3. The molecule has 2 aromatic heterocycles. The van der Waals surface area contributed by atoms with Gasteiger partial charge in [0.15, 0.2) is 11.5 Å². The Balaban J connectivity index is 1.87. The molecule has 3 rings (SSSR count). The third-order valence-electron chi connectivity index (χ3n) is 3.45. The molecule has 0 saturated heterocycles. The Morgan fingerprint density at radius 2 is 1.77 bits per heavy atom. The number of nitrogens with zero attached hydrogens (tertiary/aromatic N) is 3. The average molecular weight is 372 g/mol. The third kappa shape index (κ3) is 3.57. The van der Waals surface area contributed by atoms with E-state index in [0.717, 1.165) is 5.56 Å². The Morgan fingerprint density at radius 1 is 1.04 bits per heavy atom. The van der Waals surface area contributed by atoms with Gasteiger partial charge in [-0.3, -0.25) is 15.1 Å². The van der Waals surface area contributed by atoms with E-state index < -0.39 is 0 Å². The molecule has 0 radical (unpaired) electrons. The Bertz CT molecular complexity index is 889. The second kappa shape index (κ2) is 7.79. The second-order valence-corrected chi connectivity index (χ2v) is 5.97. The van der Waals surface area contributed by atoms with Crippen LogP contribution in [-0.2, 0) is 0 Å². The summed E-state index contributed by atoms with van der Waals surface area (Å²) in [5, 5.41) is 11.8. The van der Waals surface area contributed by atoms with Crippen LogP contribution < -0.4 is 19.5 Å². The molecule has 0 fully saturated rings. The zero-order chi connectivity index (χ0) is 18.5. The van der Waals surface area contributed by atoms with E-state index in [1.165, 1.54) is 18.4 Å². The van der Waals surface area contributed by atoms with Crippen molar-refractivity contribution in [3.63, 3.8) is 0 Å². The molecule has 0 aliphatic heterocycles. The van der Waals surface area contributed by atoms with Crippen LogP contribution in [0.2, 0.25) is 0 Å². The van der Waals surface area contributed by atoms with Crippen LogP contribution >= 0.6 is 11.3 Å². The van der Waals surface area contributed by atoms with E-state index in [0.29, 0.717) is 33.1 Å². The fourth-order valence-corrected chi connectivity index (χ4v) is 2.98. The molecule has 1 aromatic carbocycles. The molecule has 1 N–H and O–H groups in total. The first-order chi connectivity index (χ1) is 12.7. The molecule has 0 aliphatic carbocycles. The molecule has 0 atom stereocenters. The molecule has 8 nitrogen and oxygen atoms in total. The number of hydrogen-bond acceptors (Lipinski definition) is 8. The summed E-state index contributed by atoms with van der Waals surface area (Å²) in [6.07, 6.45) is 1.55. The Labute approximate surface area is 153 Å². The van der Waals surface area contributed by atoms with Crippen molar-refractivity contribution in [1.82, 2.24) is 15.2 Å². The lowest BCUT2D eigenvalue weighted by Gasteiger charge is -2.13. The summed E-state index contributed by atoms with van der Waals surface area (Å²) in [6.45, 7) is 0. The molecule has 0 aliphatic rings. The van der Waals surface area contributed by atoms with Crippen LogP contribution in [0.25, 0.3) is 10.6 Å². The highest BCUT2D eigenvalue weighted by Gasteiger charge is 2.17. The van der Waals surface area contributed by atoms with E-state index in [4.69, 9.17) is 14.2 Å². The number of amides is 1. The van der Waals surface area contributed by atoms with Crippen LogP contribution in [0.15, 0.2) is 36.5 Å². The molecule has 0 unspecified atom stereocenters. The zero-order valence-electron chi connectivity index (χ0n) is 14.3. The first-order valence-corrected chi connectivity index (χ1v) is 8.34. The lowest BCUT2D eigenvalue weighted by Crippen LogP contribution is -2.13. The zero-order valence-corrected chi connectivity index (χ0v) is 15.2. The summed E-state index contributed by atoms with van der Waals surface area (Å²) in [4.78, 5) is 16.2. The van der Waals surface area contributed by atoms with Crippen molar-refractivity contribution in [2.75, 3.05) is 26.6 Å². The molecule has 26 heavy (non-hydrogen) atoms. The maximum Gasteiger partial charge on any atom is 0.276 e. The maximum absolute atomic E-state index is 12.2. The number of rotatable bonds is 6. The van der Waals surface area contributed by atoms with Gasteiger partial charge in [0.25, 0.3) is 5.91 Å². The number of nitrogens with one attached hydrogen (secondary N) is 1. The summed E-state index contributed by atoms with van der Waals surface area (Å²) in [7, 11) is 4.62. The molecule has 0 bridgehead atoms. The van der Waals surface area contributed by atoms with Gasteiger partial charge < -0.3 is 14.2 Å². The van der Waals surface area contributed by atoms with Crippen molar-refractivity contribution in [2.24, 2.45) is 0 Å². The van der Waals surface area contributed by atoms with Crippen molar-refractivity contribution in [2.45, 2.75) is 0 Å². The third-order valence-corrected chi connectivity index (χ3v) is 4.34. The van der Waals surface area contributed by atoms with Crippen LogP contribution in [-0.4, -0.2) is 42.4 Å². The fourth-order valence-electron chi connectivity index (χ4n) is 2.25. The standard InChI is InChI=1S/C17H16N4O4S/c1-23-12-8-10(9-13(24-2)14(12)25-3)16-20-21-17(26-16)19-15(22)11-6-4-5-7-18-11/h4-9H,1-3H3,(H,19,21,22). The summed E-state index contributed by atoms with van der Waals surface area (Å²) in [5.74, 6) is 1.16. The highest BCUT2D eigenvalue weighted by atomic mass is 32.1. The van der Waals surface area contributed by atoms with Crippen LogP contribution in [0.3, 0.4) is 0 Å². The average Bonchev–Trinajstić information content (AvgIpc) is 3.15. The monoisotopic (exact) mass is 372 g/mol. The fraction of sp³-hybridized carbons (Fsp3) is 0.176. The summed E-state index contributed by atoms with van der Waals surface area (Å²) >= 11 is 1.23. The molecular formula is C17H16N4O4S. The van der Waals surface area contributed by atoms with E-state index in [-0.39, 0.29) is 5.91 Å². The normalized spacial score (nSPS) is 10.3. The van der Waals surface area contributed by atoms with Crippen molar-refractivity contribution < 1.29 is 19.0 Å². The topological polar surface area (TPSA) is 95.5 Å². The molecule has 1 amide bonds. The number of hydrogen-bond donors (Lipinski definition) is 1. The predicted molar refractivity (Wildman–Crippen MR) is 97.2 cm³/mol. The smallest absolute Gasteiger partial charge is 0.276 e. The number of carbonyl (C=O) groups is 1. The lowest BCUT2D eigenvalue weighted by molar-refractivity contribution is 0.102.